The molecule has 0 fully saturated rings. The first kappa shape index (κ1) is 14.3. The fourth-order valence-corrected chi connectivity index (χ4v) is 1.98. The van der Waals surface area contributed by atoms with E-state index in [0.29, 0.717) is 10.0 Å². The van der Waals surface area contributed by atoms with Crippen LogP contribution in [0, 0.1) is 0 Å². The first-order valence-electron chi connectivity index (χ1n) is 4.72. The second kappa shape index (κ2) is 6.28. The number of aliphatic carboxylic acids is 1. The summed E-state index contributed by atoms with van der Waals surface area (Å²) < 4.78 is 0.502. The van der Waals surface area contributed by atoms with Gasteiger partial charge in [-0.15, -0.1) is 0 Å². The molecule has 0 aromatic heterocycles. The van der Waals surface area contributed by atoms with Gasteiger partial charge in [0, 0.05) is 16.5 Å². The van der Waals surface area contributed by atoms with Crippen molar-refractivity contribution in [3.05, 3.63) is 33.8 Å². The Labute approximate surface area is 115 Å². The summed E-state index contributed by atoms with van der Waals surface area (Å²) in [5, 5.41) is 18.5. The number of aliphatic hydroxyl groups excluding tert-OH is 1. The maximum Gasteiger partial charge on any atom is 0.337 e. The van der Waals surface area contributed by atoms with E-state index in [1.165, 1.54) is 6.07 Å². The van der Waals surface area contributed by atoms with Crippen LogP contribution in [-0.2, 0) is 16.0 Å². The lowest BCUT2D eigenvalue weighted by Gasteiger charge is -2.10. The maximum absolute atomic E-state index is 11.2. The first-order valence-corrected chi connectivity index (χ1v) is 6.64. The van der Waals surface area contributed by atoms with Gasteiger partial charge < -0.3 is 10.2 Å². The summed E-state index contributed by atoms with van der Waals surface area (Å²) in [7, 11) is 0. The molecule has 0 heterocycles. The van der Waals surface area contributed by atoms with Crippen LogP contribution in [0.5, 0.6) is 0 Å². The Hall–Kier alpha value is -0.720. The number of carbonyl (C=O) groups is 2. The molecule has 1 unspecified atom stereocenters. The minimum absolute atomic E-state index is 0.0110. The van der Waals surface area contributed by atoms with E-state index in [0.717, 1.165) is 0 Å². The number of carboxylic acids is 1. The molecule has 2 N–H and O–H groups in total. The number of hydrogen-bond donors (Lipinski definition) is 2. The van der Waals surface area contributed by atoms with Gasteiger partial charge in [-0.2, -0.15) is 0 Å². The normalized spacial score (nSPS) is 12.2. The summed E-state index contributed by atoms with van der Waals surface area (Å²) in [6.07, 6.45) is -1.39. The van der Waals surface area contributed by atoms with Gasteiger partial charge in [-0.25, -0.2) is 4.79 Å². The second-order valence-corrected chi connectivity index (χ2v) is 4.86. The van der Waals surface area contributed by atoms with Crippen molar-refractivity contribution in [1.82, 2.24) is 0 Å². The van der Waals surface area contributed by atoms with Crippen molar-refractivity contribution in [3.63, 3.8) is 0 Å². The molecule has 0 amide bonds. The Morgan fingerprint density at radius 3 is 2.53 bits per heavy atom. The van der Waals surface area contributed by atoms with Gasteiger partial charge in [0.15, 0.2) is 6.10 Å². The van der Waals surface area contributed by atoms with E-state index in [4.69, 9.17) is 5.11 Å². The summed E-state index contributed by atoms with van der Waals surface area (Å²) in [5.41, 5.74) is 0.922. The first-order chi connectivity index (χ1) is 7.95. The zero-order chi connectivity index (χ0) is 13.0. The number of carboxylic acid groups (broad SMARTS) is 1. The number of halogens is 2. The SMILES string of the molecule is O=C(CBr)Cc1ccc(Br)c(C(O)C(=O)O)c1. The van der Waals surface area contributed by atoms with Crippen molar-refractivity contribution in [2.24, 2.45) is 0 Å². The van der Waals surface area contributed by atoms with Crippen LogP contribution in [-0.4, -0.2) is 27.3 Å². The fourth-order valence-electron chi connectivity index (χ4n) is 1.32. The zero-order valence-corrected chi connectivity index (χ0v) is 11.9. The van der Waals surface area contributed by atoms with Crippen molar-refractivity contribution in [2.45, 2.75) is 12.5 Å². The zero-order valence-electron chi connectivity index (χ0n) is 8.69. The van der Waals surface area contributed by atoms with Gasteiger partial charge >= 0.3 is 5.97 Å². The maximum atomic E-state index is 11.2. The van der Waals surface area contributed by atoms with E-state index >= 15 is 0 Å². The lowest BCUT2D eigenvalue weighted by atomic mass is 10.0. The smallest absolute Gasteiger partial charge is 0.337 e. The van der Waals surface area contributed by atoms with E-state index in [2.05, 4.69) is 31.9 Å². The van der Waals surface area contributed by atoms with E-state index in [9.17, 15) is 14.7 Å². The van der Waals surface area contributed by atoms with Crippen molar-refractivity contribution in [1.29, 1.82) is 0 Å². The van der Waals surface area contributed by atoms with Crippen LogP contribution < -0.4 is 0 Å². The Balaban J connectivity index is 3.02. The molecule has 0 bridgehead atoms. The van der Waals surface area contributed by atoms with Crippen LogP contribution in [0.3, 0.4) is 0 Å². The lowest BCUT2D eigenvalue weighted by Crippen LogP contribution is -2.12. The quantitative estimate of drug-likeness (QED) is 0.783. The van der Waals surface area contributed by atoms with Crippen LogP contribution in [0.2, 0.25) is 0 Å². The largest absolute Gasteiger partial charge is 0.479 e. The molecular weight excluding hydrogens is 356 g/mol. The van der Waals surface area contributed by atoms with Gasteiger partial charge in [-0.3, -0.25) is 4.79 Å². The third-order valence-electron chi connectivity index (χ3n) is 2.14. The number of rotatable bonds is 5. The summed E-state index contributed by atoms with van der Waals surface area (Å²) in [6, 6.07) is 4.85. The molecule has 0 aliphatic carbocycles. The molecule has 0 radical (unpaired) electrons. The van der Waals surface area contributed by atoms with Gasteiger partial charge in [-0.1, -0.05) is 44.0 Å². The molecule has 0 saturated heterocycles. The molecule has 17 heavy (non-hydrogen) atoms. The molecular formula is C11H10Br2O4. The third kappa shape index (κ3) is 3.90. The van der Waals surface area contributed by atoms with Crippen molar-refractivity contribution in [3.8, 4) is 0 Å². The molecule has 1 rings (SSSR count). The lowest BCUT2D eigenvalue weighted by molar-refractivity contribution is -0.147. The topological polar surface area (TPSA) is 74.6 Å². The molecule has 6 heteroatoms. The van der Waals surface area contributed by atoms with Gasteiger partial charge in [-0.05, 0) is 11.6 Å². The molecule has 1 aromatic carbocycles. The predicted octanol–water partition coefficient (Wildman–Crippen LogP) is 2.07. The fraction of sp³-hybridized carbons (Fsp3) is 0.273. The number of aliphatic hydroxyl groups is 1. The minimum Gasteiger partial charge on any atom is -0.479 e. The van der Waals surface area contributed by atoms with Crippen LogP contribution >= 0.6 is 31.9 Å². The van der Waals surface area contributed by atoms with Gasteiger partial charge in [0.2, 0.25) is 0 Å². The van der Waals surface area contributed by atoms with Crippen LogP contribution in [0.25, 0.3) is 0 Å². The molecule has 0 aliphatic rings. The van der Waals surface area contributed by atoms with Crippen LogP contribution in [0.1, 0.15) is 17.2 Å². The highest BCUT2D eigenvalue weighted by molar-refractivity contribution is 9.10. The Bertz CT molecular complexity index is 445. The van der Waals surface area contributed by atoms with E-state index < -0.39 is 12.1 Å². The summed E-state index contributed by atoms with van der Waals surface area (Å²) in [5.74, 6) is -1.34. The molecule has 0 aliphatic heterocycles. The van der Waals surface area contributed by atoms with Gasteiger partial charge in [0.25, 0.3) is 0 Å². The summed E-state index contributed by atoms with van der Waals surface area (Å²) in [4.78, 5) is 21.9. The second-order valence-electron chi connectivity index (χ2n) is 3.45. The van der Waals surface area contributed by atoms with Crippen LogP contribution in [0.15, 0.2) is 22.7 Å². The number of ketones is 1. The van der Waals surface area contributed by atoms with Gasteiger partial charge in [0.1, 0.15) is 5.78 Å². The van der Waals surface area contributed by atoms with Crippen LogP contribution in [0.4, 0.5) is 0 Å². The highest BCUT2D eigenvalue weighted by Crippen LogP contribution is 2.25. The average Bonchev–Trinajstić information content (AvgIpc) is 2.30. The van der Waals surface area contributed by atoms with Crippen molar-refractivity contribution in [2.75, 3.05) is 5.33 Å². The number of benzene rings is 1. The predicted molar refractivity (Wildman–Crippen MR) is 69.2 cm³/mol. The monoisotopic (exact) mass is 364 g/mol. The van der Waals surface area contributed by atoms with E-state index in [1.807, 2.05) is 0 Å². The van der Waals surface area contributed by atoms with Crippen molar-refractivity contribution < 1.29 is 19.8 Å². The average molecular weight is 366 g/mol. The Kier molecular flexibility index (Phi) is 5.30. The minimum atomic E-state index is -1.59. The molecule has 0 spiro atoms. The molecule has 1 atom stereocenters. The highest BCUT2D eigenvalue weighted by atomic mass is 79.9. The molecule has 92 valence electrons. The Morgan fingerprint density at radius 1 is 1.35 bits per heavy atom. The van der Waals surface area contributed by atoms with Crippen molar-refractivity contribution >= 4 is 43.6 Å². The summed E-state index contributed by atoms with van der Waals surface area (Å²) in [6.45, 7) is 0. The highest BCUT2D eigenvalue weighted by Gasteiger charge is 2.19. The Morgan fingerprint density at radius 2 is 2.00 bits per heavy atom. The molecule has 0 saturated carbocycles. The standard InChI is InChI=1S/C11H10Br2O4/c12-5-7(14)3-6-1-2-9(13)8(4-6)10(15)11(16)17/h1-2,4,10,15H,3,5H2,(H,16,17). The van der Waals surface area contributed by atoms with E-state index in [1.54, 1.807) is 12.1 Å². The number of carbonyl (C=O) groups excluding carboxylic acids is 1. The van der Waals surface area contributed by atoms with E-state index in [-0.39, 0.29) is 23.1 Å². The number of hydrogen-bond acceptors (Lipinski definition) is 3. The number of Topliss-reactive ketones (excluding diaryl/α,β-unsaturated/α-hetero) is 1. The third-order valence-corrected chi connectivity index (χ3v) is 3.49. The molecule has 4 nitrogen and oxygen atoms in total. The summed E-state index contributed by atoms with van der Waals surface area (Å²) >= 11 is 6.22. The van der Waals surface area contributed by atoms with Gasteiger partial charge in [0.05, 0.1) is 5.33 Å². The molecule has 1 aromatic rings. The number of alkyl halides is 1.